The molecule has 0 fully saturated rings. The Kier molecular flexibility index (Phi) is 9.17. The number of hydrogen-bond acceptors (Lipinski definition) is 4. The van der Waals surface area contributed by atoms with E-state index in [4.69, 9.17) is 4.99 Å². The predicted octanol–water partition coefficient (Wildman–Crippen LogP) is 2.74. The third-order valence-electron chi connectivity index (χ3n) is 4.40. The first kappa shape index (κ1) is 19.9. The minimum absolute atomic E-state index is 0.100. The van der Waals surface area contributed by atoms with Gasteiger partial charge in [-0.2, -0.15) is 0 Å². The molecule has 0 radical (unpaired) electrons. The number of aromatic nitrogens is 1. The summed E-state index contributed by atoms with van der Waals surface area (Å²) in [5, 5.41) is 19.2. The summed E-state index contributed by atoms with van der Waals surface area (Å²) in [4.78, 5) is 9.23. The van der Waals surface area contributed by atoms with Gasteiger partial charge in [-0.1, -0.05) is 13.8 Å². The molecule has 0 aliphatic heterocycles. The summed E-state index contributed by atoms with van der Waals surface area (Å²) in [6, 6.07) is 0. The number of guanidine groups is 1. The molecular weight excluding hydrogens is 308 g/mol. The standard InChI is InChI=1S/C17H32N4OS/c1-5-17(6-2,9-11-22)13-20-16(18-7-3)19-10-8-15-12-23-14(4)21-15/h12,22H,5-11,13H2,1-4H3,(H2,18,19,20). The predicted molar refractivity (Wildman–Crippen MR) is 99.3 cm³/mol. The molecule has 23 heavy (non-hydrogen) atoms. The molecule has 3 N–H and O–H groups in total. The molecule has 0 aliphatic rings. The van der Waals surface area contributed by atoms with Gasteiger partial charge in [0.25, 0.3) is 0 Å². The quantitative estimate of drug-likeness (QED) is 0.452. The highest BCUT2D eigenvalue weighted by molar-refractivity contribution is 7.09. The lowest BCUT2D eigenvalue weighted by molar-refractivity contribution is 0.175. The van der Waals surface area contributed by atoms with Crippen LogP contribution in [0.4, 0.5) is 0 Å². The molecule has 6 heteroatoms. The van der Waals surface area contributed by atoms with Gasteiger partial charge in [0.05, 0.1) is 10.7 Å². The molecule has 0 saturated carbocycles. The molecule has 1 aromatic rings. The third-order valence-corrected chi connectivity index (χ3v) is 5.22. The number of aliphatic imine (C=N–C) groups is 1. The van der Waals surface area contributed by atoms with E-state index in [-0.39, 0.29) is 12.0 Å². The van der Waals surface area contributed by atoms with Gasteiger partial charge in [0.15, 0.2) is 5.96 Å². The van der Waals surface area contributed by atoms with E-state index in [9.17, 15) is 5.11 Å². The normalized spacial score (nSPS) is 12.5. The highest BCUT2D eigenvalue weighted by atomic mass is 32.1. The number of nitrogens with one attached hydrogen (secondary N) is 2. The Morgan fingerprint density at radius 3 is 2.57 bits per heavy atom. The van der Waals surface area contributed by atoms with Crippen LogP contribution in [0.2, 0.25) is 0 Å². The summed E-state index contributed by atoms with van der Waals surface area (Å²) in [6.45, 7) is 11.1. The minimum atomic E-state index is 0.100. The Morgan fingerprint density at radius 1 is 1.30 bits per heavy atom. The van der Waals surface area contributed by atoms with Crippen LogP contribution in [0.25, 0.3) is 0 Å². The van der Waals surface area contributed by atoms with Crippen molar-refractivity contribution in [3.05, 3.63) is 16.1 Å². The second-order valence-corrected chi connectivity index (χ2v) is 6.97. The summed E-state index contributed by atoms with van der Waals surface area (Å²) >= 11 is 1.69. The van der Waals surface area contributed by atoms with Gasteiger partial charge >= 0.3 is 0 Å². The van der Waals surface area contributed by atoms with Crippen molar-refractivity contribution >= 4 is 17.3 Å². The molecule has 0 amide bonds. The lowest BCUT2D eigenvalue weighted by Crippen LogP contribution is -2.39. The molecule has 0 saturated heterocycles. The number of rotatable bonds is 10. The van der Waals surface area contributed by atoms with Gasteiger partial charge in [0, 0.05) is 38.0 Å². The molecule has 0 bridgehead atoms. The van der Waals surface area contributed by atoms with E-state index in [1.807, 2.05) is 6.92 Å². The Balaban J connectivity index is 2.57. The summed E-state index contributed by atoms with van der Waals surface area (Å²) in [6.07, 6.45) is 3.77. The molecule has 5 nitrogen and oxygen atoms in total. The maximum atomic E-state index is 9.32. The van der Waals surface area contributed by atoms with Crippen LogP contribution in [0.15, 0.2) is 10.4 Å². The van der Waals surface area contributed by atoms with Gasteiger partial charge in [-0.3, -0.25) is 4.99 Å². The Labute approximate surface area is 144 Å². The van der Waals surface area contributed by atoms with Crippen molar-refractivity contribution in [2.45, 2.75) is 53.4 Å². The Hall–Kier alpha value is -1.14. The molecule has 0 aromatic carbocycles. The lowest BCUT2D eigenvalue weighted by atomic mass is 9.79. The van der Waals surface area contributed by atoms with Gasteiger partial charge in [-0.25, -0.2) is 4.98 Å². The van der Waals surface area contributed by atoms with Crippen LogP contribution < -0.4 is 10.6 Å². The number of aliphatic hydroxyl groups is 1. The van der Waals surface area contributed by atoms with Crippen molar-refractivity contribution in [1.82, 2.24) is 15.6 Å². The number of thiazole rings is 1. The van der Waals surface area contributed by atoms with Crippen molar-refractivity contribution in [1.29, 1.82) is 0 Å². The van der Waals surface area contributed by atoms with Crippen LogP contribution in [0, 0.1) is 12.3 Å². The zero-order chi connectivity index (χ0) is 17.1. The molecule has 0 spiro atoms. The largest absolute Gasteiger partial charge is 0.396 e. The molecular formula is C17H32N4OS. The summed E-state index contributed by atoms with van der Waals surface area (Å²) in [5.74, 6) is 0.851. The van der Waals surface area contributed by atoms with E-state index in [0.717, 1.165) is 62.0 Å². The van der Waals surface area contributed by atoms with E-state index in [0.29, 0.717) is 0 Å². The van der Waals surface area contributed by atoms with Crippen LogP contribution in [0.3, 0.4) is 0 Å². The average Bonchev–Trinajstić information content (AvgIpc) is 2.96. The van der Waals surface area contributed by atoms with E-state index in [2.05, 4.69) is 41.8 Å². The molecule has 0 unspecified atom stereocenters. The summed E-state index contributed by atoms with van der Waals surface area (Å²) in [5.41, 5.74) is 1.23. The van der Waals surface area contributed by atoms with Crippen molar-refractivity contribution in [3.63, 3.8) is 0 Å². The zero-order valence-corrected chi connectivity index (χ0v) is 15.8. The highest BCUT2D eigenvalue weighted by Gasteiger charge is 2.25. The van der Waals surface area contributed by atoms with Crippen LogP contribution in [0.1, 0.15) is 50.7 Å². The monoisotopic (exact) mass is 340 g/mol. The van der Waals surface area contributed by atoms with Crippen LogP contribution in [-0.4, -0.2) is 42.3 Å². The van der Waals surface area contributed by atoms with Crippen molar-refractivity contribution in [3.8, 4) is 0 Å². The highest BCUT2D eigenvalue weighted by Crippen LogP contribution is 2.30. The summed E-state index contributed by atoms with van der Waals surface area (Å²) < 4.78 is 0. The molecule has 132 valence electrons. The summed E-state index contributed by atoms with van der Waals surface area (Å²) in [7, 11) is 0. The fourth-order valence-corrected chi connectivity index (χ4v) is 3.21. The van der Waals surface area contributed by atoms with Crippen LogP contribution in [0.5, 0.6) is 0 Å². The fourth-order valence-electron chi connectivity index (χ4n) is 2.56. The number of aryl methyl sites for hydroxylation is 1. The Bertz CT molecular complexity index is 469. The Morgan fingerprint density at radius 2 is 2.04 bits per heavy atom. The van der Waals surface area contributed by atoms with Gasteiger partial charge < -0.3 is 15.7 Å². The topological polar surface area (TPSA) is 69.5 Å². The van der Waals surface area contributed by atoms with Gasteiger partial charge in [-0.15, -0.1) is 11.3 Å². The van der Waals surface area contributed by atoms with Crippen molar-refractivity contribution in [2.75, 3.05) is 26.2 Å². The molecule has 1 heterocycles. The number of nitrogens with zero attached hydrogens (tertiary/aromatic N) is 2. The third kappa shape index (κ3) is 6.87. The van der Waals surface area contributed by atoms with E-state index in [1.54, 1.807) is 11.3 Å². The van der Waals surface area contributed by atoms with Crippen LogP contribution >= 0.6 is 11.3 Å². The van der Waals surface area contributed by atoms with Gasteiger partial charge in [0.2, 0.25) is 0 Å². The molecule has 1 rings (SSSR count). The van der Waals surface area contributed by atoms with Crippen molar-refractivity contribution in [2.24, 2.45) is 10.4 Å². The maximum Gasteiger partial charge on any atom is 0.191 e. The van der Waals surface area contributed by atoms with Crippen molar-refractivity contribution < 1.29 is 5.11 Å². The maximum absolute atomic E-state index is 9.32. The first-order valence-corrected chi connectivity index (χ1v) is 9.51. The smallest absolute Gasteiger partial charge is 0.191 e. The van der Waals surface area contributed by atoms with E-state index >= 15 is 0 Å². The molecule has 1 aromatic heterocycles. The van der Waals surface area contributed by atoms with E-state index in [1.165, 1.54) is 0 Å². The van der Waals surface area contributed by atoms with Crippen LogP contribution in [-0.2, 0) is 6.42 Å². The molecule has 0 aliphatic carbocycles. The second kappa shape index (κ2) is 10.6. The fraction of sp³-hybridized carbons (Fsp3) is 0.765. The lowest BCUT2D eigenvalue weighted by Gasteiger charge is -2.29. The van der Waals surface area contributed by atoms with Gasteiger partial charge in [-0.05, 0) is 38.5 Å². The number of hydrogen-bond donors (Lipinski definition) is 3. The number of aliphatic hydroxyl groups excluding tert-OH is 1. The average molecular weight is 341 g/mol. The minimum Gasteiger partial charge on any atom is -0.396 e. The first-order valence-electron chi connectivity index (χ1n) is 8.63. The first-order chi connectivity index (χ1) is 11.1. The SMILES string of the molecule is CCNC(=NCC(CC)(CC)CCO)NCCc1csc(C)n1. The molecule has 0 atom stereocenters. The second-order valence-electron chi connectivity index (χ2n) is 5.91. The van der Waals surface area contributed by atoms with Gasteiger partial charge in [0.1, 0.15) is 0 Å². The zero-order valence-electron chi connectivity index (χ0n) is 15.0. The van der Waals surface area contributed by atoms with E-state index < -0.39 is 0 Å².